The summed E-state index contributed by atoms with van der Waals surface area (Å²) in [4.78, 5) is 12.7. The Morgan fingerprint density at radius 2 is 1.85 bits per heavy atom. The third kappa shape index (κ3) is 4.80. The fourth-order valence-corrected chi connectivity index (χ4v) is 4.39. The number of nitrogens with zero attached hydrogens (tertiary/aromatic N) is 1. The number of nitrogens with one attached hydrogen (secondary N) is 1. The van der Waals surface area contributed by atoms with Crippen LogP contribution >= 0.6 is 11.6 Å². The van der Waals surface area contributed by atoms with E-state index in [4.69, 9.17) is 11.6 Å². The lowest BCUT2D eigenvalue weighted by Crippen LogP contribution is -2.31. The molecule has 0 saturated heterocycles. The van der Waals surface area contributed by atoms with Crippen LogP contribution in [0.1, 0.15) is 42.7 Å². The Kier molecular flexibility index (Phi) is 6.86. The van der Waals surface area contributed by atoms with Gasteiger partial charge >= 0.3 is 0 Å². The van der Waals surface area contributed by atoms with E-state index < -0.39 is 22.0 Å². The molecule has 0 aliphatic carbocycles. The van der Waals surface area contributed by atoms with E-state index in [1.807, 2.05) is 0 Å². The highest BCUT2D eigenvalue weighted by atomic mass is 35.5. The summed E-state index contributed by atoms with van der Waals surface area (Å²) in [5.74, 6) is -0.397. The summed E-state index contributed by atoms with van der Waals surface area (Å²) in [5.41, 5.74) is 0.795. The number of phenols is 1. The minimum atomic E-state index is -3.70. The summed E-state index contributed by atoms with van der Waals surface area (Å²) in [7, 11) is -3.70. The van der Waals surface area contributed by atoms with Gasteiger partial charge in [0.1, 0.15) is 5.75 Å². The number of carbonyl (C=O) groups is 1. The van der Waals surface area contributed by atoms with E-state index in [0.29, 0.717) is 18.7 Å². The van der Waals surface area contributed by atoms with Crippen molar-refractivity contribution in [3.8, 4) is 5.75 Å². The van der Waals surface area contributed by atoms with Crippen LogP contribution in [0.3, 0.4) is 0 Å². The molecule has 0 spiro atoms. The second kappa shape index (κ2) is 8.73. The maximum absolute atomic E-state index is 12.7. The number of carbonyl (C=O) groups excluding carboxylic acids is 1. The van der Waals surface area contributed by atoms with E-state index >= 15 is 0 Å². The molecule has 2 aromatic carbocycles. The van der Waals surface area contributed by atoms with Crippen LogP contribution in [0.15, 0.2) is 47.4 Å². The molecule has 0 fully saturated rings. The zero-order chi connectivity index (χ0) is 20.2. The molecule has 8 heteroatoms. The molecule has 0 aliphatic heterocycles. The van der Waals surface area contributed by atoms with Crippen molar-refractivity contribution in [2.75, 3.05) is 13.1 Å². The highest BCUT2D eigenvalue weighted by Gasteiger charge is 2.24. The maximum Gasteiger partial charge on any atom is 0.253 e. The first-order chi connectivity index (χ1) is 12.7. The van der Waals surface area contributed by atoms with Crippen LogP contribution in [-0.4, -0.2) is 36.8 Å². The Morgan fingerprint density at radius 1 is 1.19 bits per heavy atom. The highest BCUT2D eigenvalue weighted by Crippen LogP contribution is 2.24. The molecule has 0 heterocycles. The standard InChI is InChI=1S/C19H23ClN2O4S/c1-4-22(5-2)27(25,26)16-9-10-18(20)17(12-16)19(24)21-13(3)14-7-6-8-15(23)11-14/h6-13,23H,4-5H2,1-3H3,(H,21,24). The molecule has 27 heavy (non-hydrogen) atoms. The fourth-order valence-electron chi connectivity index (χ4n) is 2.70. The maximum atomic E-state index is 12.7. The molecule has 0 aromatic heterocycles. The van der Waals surface area contributed by atoms with E-state index in [1.54, 1.807) is 39.0 Å². The van der Waals surface area contributed by atoms with E-state index in [-0.39, 0.29) is 21.2 Å². The summed E-state index contributed by atoms with van der Waals surface area (Å²) in [5, 5.41) is 12.5. The molecule has 2 N–H and O–H groups in total. The van der Waals surface area contributed by atoms with Gasteiger partial charge in [0.25, 0.3) is 5.91 Å². The van der Waals surface area contributed by atoms with Gasteiger partial charge in [-0.05, 0) is 42.8 Å². The molecule has 0 bridgehead atoms. The number of rotatable bonds is 7. The topological polar surface area (TPSA) is 86.7 Å². The number of hydrogen-bond acceptors (Lipinski definition) is 4. The summed E-state index contributed by atoms with van der Waals surface area (Å²) in [6.07, 6.45) is 0. The Labute approximate surface area is 164 Å². The van der Waals surface area contributed by atoms with Gasteiger partial charge in [0.05, 0.1) is 21.5 Å². The SMILES string of the molecule is CCN(CC)S(=O)(=O)c1ccc(Cl)c(C(=O)NC(C)c2cccc(O)c2)c1. The molecule has 6 nitrogen and oxygen atoms in total. The first kappa shape index (κ1) is 21.2. The molecule has 1 unspecified atom stereocenters. The Hall–Kier alpha value is -2.09. The van der Waals surface area contributed by atoms with Crippen LogP contribution in [-0.2, 0) is 10.0 Å². The van der Waals surface area contributed by atoms with Crippen molar-refractivity contribution in [1.82, 2.24) is 9.62 Å². The van der Waals surface area contributed by atoms with Crippen LogP contribution in [0.2, 0.25) is 5.02 Å². The van der Waals surface area contributed by atoms with Crippen molar-refractivity contribution >= 4 is 27.5 Å². The van der Waals surface area contributed by atoms with Crippen LogP contribution in [0, 0.1) is 0 Å². The minimum Gasteiger partial charge on any atom is -0.508 e. The van der Waals surface area contributed by atoms with Gasteiger partial charge in [-0.3, -0.25) is 4.79 Å². The molecular formula is C19H23ClN2O4S. The number of phenolic OH excluding ortho intramolecular Hbond substituents is 1. The van der Waals surface area contributed by atoms with Crippen LogP contribution in [0.5, 0.6) is 5.75 Å². The van der Waals surface area contributed by atoms with Gasteiger partial charge in [0, 0.05) is 13.1 Å². The second-order valence-electron chi connectivity index (χ2n) is 6.02. The van der Waals surface area contributed by atoms with Gasteiger partial charge in [0.2, 0.25) is 10.0 Å². The van der Waals surface area contributed by atoms with Crippen molar-refractivity contribution in [2.24, 2.45) is 0 Å². The van der Waals surface area contributed by atoms with Crippen LogP contribution in [0.25, 0.3) is 0 Å². The monoisotopic (exact) mass is 410 g/mol. The fraction of sp³-hybridized carbons (Fsp3) is 0.316. The molecule has 2 aromatic rings. The molecule has 0 radical (unpaired) electrons. The van der Waals surface area contributed by atoms with Crippen molar-refractivity contribution in [1.29, 1.82) is 0 Å². The summed E-state index contributed by atoms with van der Waals surface area (Å²) in [6.45, 7) is 5.93. The lowest BCUT2D eigenvalue weighted by Gasteiger charge is -2.19. The van der Waals surface area contributed by atoms with Gasteiger partial charge in [-0.2, -0.15) is 4.31 Å². The Balaban J connectivity index is 2.31. The summed E-state index contributed by atoms with van der Waals surface area (Å²) >= 11 is 6.13. The van der Waals surface area contributed by atoms with E-state index in [9.17, 15) is 18.3 Å². The Morgan fingerprint density at radius 3 is 2.44 bits per heavy atom. The molecule has 2 rings (SSSR count). The predicted octanol–water partition coefficient (Wildman–Crippen LogP) is 3.57. The van der Waals surface area contributed by atoms with E-state index in [1.165, 1.54) is 28.6 Å². The molecule has 0 aliphatic rings. The van der Waals surface area contributed by atoms with Crippen LogP contribution in [0.4, 0.5) is 0 Å². The third-order valence-corrected chi connectivity index (χ3v) is 6.62. The first-order valence-electron chi connectivity index (χ1n) is 8.60. The molecule has 1 amide bonds. The molecule has 146 valence electrons. The average molecular weight is 411 g/mol. The van der Waals surface area contributed by atoms with Gasteiger partial charge in [-0.15, -0.1) is 0 Å². The number of halogens is 1. The van der Waals surface area contributed by atoms with Crippen molar-refractivity contribution in [3.05, 3.63) is 58.6 Å². The number of sulfonamides is 1. The molecular weight excluding hydrogens is 388 g/mol. The number of amides is 1. The van der Waals surface area contributed by atoms with Crippen molar-refractivity contribution < 1.29 is 18.3 Å². The quantitative estimate of drug-likeness (QED) is 0.730. The minimum absolute atomic E-state index is 0.0192. The lowest BCUT2D eigenvalue weighted by molar-refractivity contribution is 0.0939. The molecule has 0 saturated carbocycles. The van der Waals surface area contributed by atoms with E-state index in [0.717, 1.165) is 0 Å². The normalized spacial score (nSPS) is 12.8. The van der Waals surface area contributed by atoms with Crippen molar-refractivity contribution in [2.45, 2.75) is 31.7 Å². The van der Waals surface area contributed by atoms with Gasteiger partial charge in [-0.1, -0.05) is 37.6 Å². The average Bonchev–Trinajstić information content (AvgIpc) is 2.62. The lowest BCUT2D eigenvalue weighted by atomic mass is 10.1. The predicted molar refractivity (Wildman–Crippen MR) is 106 cm³/mol. The number of hydrogen-bond donors (Lipinski definition) is 2. The van der Waals surface area contributed by atoms with Crippen LogP contribution < -0.4 is 5.32 Å². The van der Waals surface area contributed by atoms with Gasteiger partial charge < -0.3 is 10.4 Å². The van der Waals surface area contributed by atoms with Gasteiger partial charge in [0.15, 0.2) is 0 Å². The summed E-state index contributed by atoms with van der Waals surface area (Å²) < 4.78 is 26.7. The summed E-state index contributed by atoms with van der Waals surface area (Å²) in [6, 6.07) is 10.2. The highest BCUT2D eigenvalue weighted by molar-refractivity contribution is 7.89. The molecule has 1 atom stereocenters. The smallest absolute Gasteiger partial charge is 0.253 e. The number of benzene rings is 2. The third-order valence-electron chi connectivity index (χ3n) is 4.24. The zero-order valence-corrected chi connectivity index (χ0v) is 17.0. The van der Waals surface area contributed by atoms with Crippen molar-refractivity contribution in [3.63, 3.8) is 0 Å². The Bertz CT molecular complexity index is 927. The first-order valence-corrected chi connectivity index (χ1v) is 10.4. The zero-order valence-electron chi connectivity index (χ0n) is 15.4. The second-order valence-corrected chi connectivity index (χ2v) is 8.37. The van der Waals surface area contributed by atoms with E-state index in [2.05, 4.69) is 5.32 Å². The van der Waals surface area contributed by atoms with Gasteiger partial charge in [-0.25, -0.2) is 8.42 Å². The largest absolute Gasteiger partial charge is 0.508 e. The number of aromatic hydroxyl groups is 1.